The summed E-state index contributed by atoms with van der Waals surface area (Å²) in [5, 5.41) is 2.05. The van der Waals surface area contributed by atoms with E-state index in [2.05, 4.69) is 23.4 Å². The van der Waals surface area contributed by atoms with Crippen LogP contribution in [0.3, 0.4) is 0 Å². The Morgan fingerprint density at radius 1 is 1.38 bits per heavy atom. The molecule has 0 fully saturated rings. The first kappa shape index (κ1) is 8.26. The van der Waals surface area contributed by atoms with Gasteiger partial charge in [0.05, 0.1) is 10.6 Å². The molecule has 2 nitrogen and oxygen atoms in total. The molecule has 0 bridgehead atoms. The highest BCUT2D eigenvalue weighted by molar-refractivity contribution is 7.13. The second-order valence-corrected chi connectivity index (χ2v) is 3.79. The van der Waals surface area contributed by atoms with Crippen LogP contribution in [0, 0.1) is 6.92 Å². The van der Waals surface area contributed by atoms with Gasteiger partial charge in [-0.15, -0.1) is 11.3 Å². The van der Waals surface area contributed by atoms with Crippen LogP contribution in [-0.4, -0.2) is 4.98 Å². The molecule has 0 aliphatic carbocycles. The second-order valence-electron chi connectivity index (χ2n) is 2.87. The van der Waals surface area contributed by atoms with Gasteiger partial charge in [0.2, 0.25) is 0 Å². The molecule has 0 aromatic carbocycles. The number of aromatic nitrogens is 1. The molecule has 0 atom stereocenters. The topological polar surface area (TPSA) is 38.9 Å². The highest BCUT2D eigenvalue weighted by atomic mass is 32.1. The summed E-state index contributed by atoms with van der Waals surface area (Å²) in [6, 6.07) is 5.80. The van der Waals surface area contributed by atoms with E-state index >= 15 is 0 Å². The van der Waals surface area contributed by atoms with Gasteiger partial charge in [0.1, 0.15) is 5.69 Å². The Bertz CT molecular complexity index is 420. The van der Waals surface area contributed by atoms with Gasteiger partial charge in [-0.25, -0.2) is 0 Å². The van der Waals surface area contributed by atoms with Gasteiger partial charge in [0, 0.05) is 6.20 Å². The molecule has 2 N–H and O–H groups in total. The second kappa shape index (κ2) is 3.18. The maximum atomic E-state index is 5.82. The van der Waals surface area contributed by atoms with Crippen molar-refractivity contribution in [3.05, 3.63) is 35.3 Å². The lowest BCUT2D eigenvalue weighted by Crippen LogP contribution is -1.91. The van der Waals surface area contributed by atoms with E-state index in [1.807, 2.05) is 12.1 Å². The van der Waals surface area contributed by atoms with E-state index in [9.17, 15) is 0 Å². The first-order valence-electron chi connectivity index (χ1n) is 4.04. The molecule has 2 aromatic heterocycles. The molecular weight excluding hydrogens is 180 g/mol. The molecule has 2 rings (SSSR count). The van der Waals surface area contributed by atoms with Crippen LogP contribution in [0.2, 0.25) is 0 Å². The molecule has 0 saturated carbocycles. The fraction of sp³-hybridized carbons (Fsp3) is 0.100. The molecule has 3 heteroatoms. The molecule has 0 unspecified atom stereocenters. The molecule has 0 saturated heterocycles. The lowest BCUT2D eigenvalue weighted by atomic mass is 10.2. The van der Waals surface area contributed by atoms with Crippen molar-refractivity contribution in [2.75, 3.05) is 5.73 Å². The molecule has 0 spiro atoms. The number of nitrogen functional groups attached to an aromatic ring is 1. The van der Waals surface area contributed by atoms with Crippen molar-refractivity contribution < 1.29 is 0 Å². The maximum absolute atomic E-state index is 5.82. The summed E-state index contributed by atoms with van der Waals surface area (Å²) in [4.78, 5) is 5.43. The Morgan fingerprint density at radius 3 is 2.85 bits per heavy atom. The van der Waals surface area contributed by atoms with Crippen LogP contribution in [0.1, 0.15) is 5.56 Å². The average Bonchev–Trinajstić information content (AvgIpc) is 2.52. The molecule has 0 aliphatic heterocycles. The number of anilines is 1. The van der Waals surface area contributed by atoms with Gasteiger partial charge in [-0.2, -0.15) is 0 Å². The number of hydrogen-bond acceptors (Lipinski definition) is 3. The van der Waals surface area contributed by atoms with Crippen LogP contribution < -0.4 is 5.73 Å². The van der Waals surface area contributed by atoms with E-state index < -0.39 is 0 Å². The van der Waals surface area contributed by atoms with E-state index in [-0.39, 0.29) is 0 Å². The Labute approximate surface area is 81.1 Å². The zero-order valence-corrected chi connectivity index (χ0v) is 8.14. The smallest absolute Gasteiger partial charge is 0.103 e. The third kappa shape index (κ3) is 1.42. The number of aryl methyl sites for hydroxylation is 1. The fourth-order valence-electron chi connectivity index (χ4n) is 1.22. The van der Waals surface area contributed by atoms with Gasteiger partial charge in [-0.1, -0.05) is 0 Å². The van der Waals surface area contributed by atoms with Crippen molar-refractivity contribution in [2.24, 2.45) is 0 Å². The van der Waals surface area contributed by atoms with Gasteiger partial charge in [-0.3, -0.25) is 4.98 Å². The van der Waals surface area contributed by atoms with Crippen molar-refractivity contribution in [2.45, 2.75) is 6.92 Å². The summed E-state index contributed by atoms with van der Waals surface area (Å²) in [7, 11) is 0. The standard InChI is InChI=1S/C10H10N2S/c1-7-4-6-13-10(7)9-8(11)3-2-5-12-9/h2-6H,11H2,1H3. The summed E-state index contributed by atoms with van der Waals surface area (Å²) >= 11 is 1.67. The first-order valence-corrected chi connectivity index (χ1v) is 4.92. The number of pyridine rings is 1. The molecule has 2 aromatic rings. The number of rotatable bonds is 1. The van der Waals surface area contributed by atoms with Crippen LogP contribution in [-0.2, 0) is 0 Å². The predicted octanol–water partition coefficient (Wildman–Crippen LogP) is 2.70. The highest BCUT2D eigenvalue weighted by Crippen LogP contribution is 2.30. The Kier molecular flexibility index (Phi) is 2.02. The summed E-state index contributed by atoms with van der Waals surface area (Å²) in [6.07, 6.45) is 1.77. The third-order valence-corrected chi connectivity index (χ3v) is 2.94. The number of hydrogen-bond donors (Lipinski definition) is 1. The minimum atomic E-state index is 0.744. The summed E-state index contributed by atoms with van der Waals surface area (Å²) in [6.45, 7) is 2.07. The zero-order chi connectivity index (χ0) is 9.26. The SMILES string of the molecule is Cc1ccsc1-c1ncccc1N. The molecule has 0 amide bonds. The predicted molar refractivity (Wildman–Crippen MR) is 56.7 cm³/mol. The monoisotopic (exact) mass is 190 g/mol. The molecule has 2 heterocycles. The van der Waals surface area contributed by atoms with E-state index in [0.29, 0.717) is 0 Å². The van der Waals surface area contributed by atoms with Crippen molar-refractivity contribution in [1.29, 1.82) is 0 Å². The largest absolute Gasteiger partial charge is 0.397 e. The Hall–Kier alpha value is -1.35. The minimum Gasteiger partial charge on any atom is -0.397 e. The van der Waals surface area contributed by atoms with Gasteiger partial charge in [-0.05, 0) is 36.1 Å². The van der Waals surface area contributed by atoms with Crippen molar-refractivity contribution in [3.8, 4) is 10.6 Å². The normalized spacial score (nSPS) is 10.2. The number of thiophene rings is 1. The molecule has 0 aliphatic rings. The Balaban J connectivity index is 2.59. The zero-order valence-electron chi connectivity index (χ0n) is 7.32. The van der Waals surface area contributed by atoms with E-state index in [0.717, 1.165) is 16.3 Å². The van der Waals surface area contributed by atoms with Crippen LogP contribution >= 0.6 is 11.3 Å². The van der Waals surface area contributed by atoms with Crippen molar-refractivity contribution in [1.82, 2.24) is 4.98 Å². The average molecular weight is 190 g/mol. The molecular formula is C10H10N2S. The maximum Gasteiger partial charge on any atom is 0.103 e. The van der Waals surface area contributed by atoms with Crippen LogP contribution in [0.4, 0.5) is 5.69 Å². The highest BCUT2D eigenvalue weighted by Gasteiger charge is 2.06. The summed E-state index contributed by atoms with van der Waals surface area (Å²) in [5.74, 6) is 0. The molecule has 66 valence electrons. The van der Waals surface area contributed by atoms with Crippen LogP contribution in [0.5, 0.6) is 0 Å². The van der Waals surface area contributed by atoms with Gasteiger partial charge < -0.3 is 5.73 Å². The lowest BCUT2D eigenvalue weighted by molar-refractivity contribution is 1.33. The minimum absolute atomic E-state index is 0.744. The number of nitrogens with two attached hydrogens (primary N) is 1. The number of nitrogens with zero attached hydrogens (tertiary/aromatic N) is 1. The molecule has 13 heavy (non-hydrogen) atoms. The fourth-order valence-corrected chi connectivity index (χ4v) is 2.17. The van der Waals surface area contributed by atoms with Gasteiger partial charge in [0.15, 0.2) is 0 Å². The van der Waals surface area contributed by atoms with Crippen LogP contribution in [0.15, 0.2) is 29.8 Å². The third-order valence-electron chi connectivity index (χ3n) is 1.92. The summed E-state index contributed by atoms with van der Waals surface area (Å²) < 4.78 is 0. The van der Waals surface area contributed by atoms with Gasteiger partial charge >= 0.3 is 0 Å². The van der Waals surface area contributed by atoms with Crippen molar-refractivity contribution >= 4 is 17.0 Å². The van der Waals surface area contributed by atoms with Crippen LogP contribution in [0.25, 0.3) is 10.6 Å². The lowest BCUT2D eigenvalue weighted by Gasteiger charge is -2.01. The Morgan fingerprint density at radius 2 is 2.23 bits per heavy atom. The van der Waals surface area contributed by atoms with E-state index in [1.54, 1.807) is 17.5 Å². The molecule has 0 radical (unpaired) electrons. The summed E-state index contributed by atoms with van der Waals surface area (Å²) in [5.41, 5.74) is 8.70. The van der Waals surface area contributed by atoms with Gasteiger partial charge in [0.25, 0.3) is 0 Å². The quantitative estimate of drug-likeness (QED) is 0.751. The van der Waals surface area contributed by atoms with Crippen molar-refractivity contribution in [3.63, 3.8) is 0 Å². The van der Waals surface area contributed by atoms with E-state index in [1.165, 1.54) is 5.56 Å². The first-order chi connectivity index (χ1) is 6.29. The van der Waals surface area contributed by atoms with E-state index in [4.69, 9.17) is 5.73 Å².